The van der Waals surface area contributed by atoms with Crippen molar-refractivity contribution < 1.29 is 0 Å². The van der Waals surface area contributed by atoms with Gasteiger partial charge < -0.3 is 4.98 Å². The first-order chi connectivity index (χ1) is 7.65. The van der Waals surface area contributed by atoms with Crippen LogP contribution in [0.3, 0.4) is 0 Å². The van der Waals surface area contributed by atoms with Gasteiger partial charge in [-0.3, -0.25) is 9.36 Å². The minimum atomic E-state index is -0.00755. The van der Waals surface area contributed by atoms with Gasteiger partial charge in [0.05, 0.1) is 5.52 Å². The van der Waals surface area contributed by atoms with Crippen molar-refractivity contribution in [3.8, 4) is 0 Å². The van der Waals surface area contributed by atoms with Crippen molar-refractivity contribution in [3.05, 3.63) is 28.4 Å². The quantitative estimate of drug-likeness (QED) is 0.803. The molecular weight excluding hydrogens is 202 g/mol. The first-order valence-corrected chi connectivity index (χ1v) is 5.68. The number of rotatable bonds is 1. The Hall–Kier alpha value is -1.58. The fourth-order valence-corrected chi connectivity index (χ4v) is 1.44. The van der Waals surface area contributed by atoms with Gasteiger partial charge >= 0.3 is 0 Å². The number of hydrogen-bond acceptors (Lipinski definition) is 2. The lowest BCUT2D eigenvalue weighted by atomic mass is 10.4. The topological polar surface area (TPSA) is 50.7 Å². The molecule has 4 heteroatoms. The second kappa shape index (κ2) is 5.49. The van der Waals surface area contributed by atoms with Gasteiger partial charge in [-0.15, -0.1) is 0 Å². The average molecular weight is 221 g/mol. The molecule has 0 amide bonds. The summed E-state index contributed by atoms with van der Waals surface area (Å²) in [5.74, 6) is 0.817. The number of aromatic amines is 1. The Morgan fingerprint density at radius 3 is 2.56 bits per heavy atom. The van der Waals surface area contributed by atoms with Crippen LogP contribution < -0.4 is 5.56 Å². The summed E-state index contributed by atoms with van der Waals surface area (Å²) >= 11 is 0. The number of nitrogens with zero attached hydrogens (tertiary/aromatic N) is 2. The molecule has 0 aliphatic heterocycles. The van der Waals surface area contributed by atoms with Gasteiger partial charge in [0.25, 0.3) is 5.56 Å². The van der Waals surface area contributed by atoms with Gasteiger partial charge in [0.2, 0.25) is 0 Å². The summed E-state index contributed by atoms with van der Waals surface area (Å²) in [4.78, 5) is 18.9. The Labute approximate surface area is 95.3 Å². The molecule has 0 fully saturated rings. The molecule has 2 rings (SSSR count). The lowest BCUT2D eigenvalue weighted by Gasteiger charge is -2.03. The third kappa shape index (κ3) is 2.32. The summed E-state index contributed by atoms with van der Waals surface area (Å²) in [6, 6.07) is 1.82. The molecule has 0 aliphatic rings. The summed E-state index contributed by atoms with van der Waals surface area (Å²) in [6.45, 7) is 6.24. The SMILES string of the molecule is CCC.CCc1nc2cc[nH]c2c(=O)n1C. The summed E-state index contributed by atoms with van der Waals surface area (Å²) in [7, 11) is 1.74. The molecular formula is C12H19N3O. The third-order valence-electron chi connectivity index (χ3n) is 2.20. The van der Waals surface area contributed by atoms with Crippen LogP contribution in [0.2, 0.25) is 0 Å². The normalized spacial score (nSPS) is 10.0. The van der Waals surface area contributed by atoms with E-state index in [4.69, 9.17) is 0 Å². The second-order valence-electron chi connectivity index (χ2n) is 3.69. The fourth-order valence-electron chi connectivity index (χ4n) is 1.44. The molecule has 0 radical (unpaired) electrons. The molecule has 0 bridgehead atoms. The van der Waals surface area contributed by atoms with Crippen LogP contribution in [0.4, 0.5) is 0 Å². The zero-order valence-corrected chi connectivity index (χ0v) is 10.4. The van der Waals surface area contributed by atoms with E-state index in [1.165, 1.54) is 6.42 Å². The maximum atomic E-state index is 11.7. The predicted molar refractivity (Wildman–Crippen MR) is 66.7 cm³/mol. The standard InChI is InChI=1S/C9H11N3O.C3H8/c1-3-7-11-6-4-5-10-8(6)9(13)12(7)2;1-3-2/h4-5,10H,3H2,1-2H3;3H2,1-2H3. The van der Waals surface area contributed by atoms with Gasteiger partial charge in [-0.25, -0.2) is 4.98 Å². The smallest absolute Gasteiger partial charge is 0.277 e. The van der Waals surface area contributed by atoms with E-state index in [2.05, 4.69) is 23.8 Å². The largest absolute Gasteiger partial charge is 0.355 e. The number of hydrogen-bond donors (Lipinski definition) is 1. The lowest BCUT2D eigenvalue weighted by molar-refractivity contribution is 0.751. The summed E-state index contributed by atoms with van der Waals surface area (Å²) in [6.07, 6.45) is 3.76. The van der Waals surface area contributed by atoms with E-state index in [0.717, 1.165) is 17.8 Å². The molecule has 2 heterocycles. The average Bonchev–Trinajstić information content (AvgIpc) is 2.72. The Kier molecular flexibility index (Phi) is 4.28. The molecule has 2 aromatic heterocycles. The Balaban J connectivity index is 0.000000386. The number of nitrogens with one attached hydrogen (secondary N) is 1. The molecule has 1 N–H and O–H groups in total. The van der Waals surface area contributed by atoms with Crippen molar-refractivity contribution in [3.63, 3.8) is 0 Å². The summed E-state index contributed by atoms with van der Waals surface area (Å²) < 4.78 is 1.58. The van der Waals surface area contributed by atoms with Gasteiger partial charge in [-0.1, -0.05) is 27.2 Å². The highest BCUT2D eigenvalue weighted by Crippen LogP contribution is 2.04. The van der Waals surface area contributed by atoms with Gasteiger partial charge in [0.15, 0.2) is 0 Å². The predicted octanol–water partition coefficient (Wildman–Crippen LogP) is 2.24. The van der Waals surface area contributed by atoms with Gasteiger partial charge in [0.1, 0.15) is 11.3 Å². The van der Waals surface area contributed by atoms with Gasteiger partial charge in [-0.05, 0) is 6.07 Å². The molecule has 0 aliphatic carbocycles. The Morgan fingerprint density at radius 2 is 2.00 bits per heavy atom. The van der Waals surface area contributed by atoms with E-state index in [9.17, 15) is 4.79 Å². The maximum Gasteiger partial charge on any atom is 0.277 e. The highest BCUT2D eigenvalue weighted by Gasteiger charge is 2.06. The van der Waals surface area contributed by atoms with Crippen molar-refractivity contribution >= 4 is 11.0 Å². The van der Waals surface area contributed by atoms with Crippen molar-refractivity contribution in [2.45, 2.75) is 33.6 Å². The van der Waals surface area contributed by atoms with Crippen molar-refractivity contribution in [2.75, 3.05) is 0 Å². The highest BCUT2D eigenvalue weighted by atomic mass is 16.1. The third-order valence-corrected chi connectivity index (χ3v) is 2.20. The van der Waals surface area contributed by atoms with E-state index in [-0.39, 0.29) is 5.56 Å². The molecule has 0 atom stereocenters. The molecule has 0 saturated carbocycles. The number of fused-ring (bicyclic) bond motifs is 1. The van der Waals surface area contributed by atoms with Gasteiger partial charge in [0, 0.05) is 19.7 Å². The van der Waals surface area contributed by atoms with E-state index in [1.54, 1.807) is 17.8 Å². The van der Waals surface area contributed by atoms with E-state index in [1.807, 2.05) is 13.0 Å². The molecule has 0 unspecified atom stereocenters. The minimum Gasteiger partial charge on any atom is -0.355 e. The summed E-state index contributed by atoms with van der Waals surface area (Å²) in [5, 5.41) is 0. The molecule has 0 saturated heterocycles. The number of aromatic nitrogens is 3. The van der Waals surface area contributed by atoms with Crippen molar-refractivity contribution in [2.24, 2.45) is 7.05 Å². The monoisotopic (exact) mass is 221 g/mol. The van der Waals surface area contributed by atoms with E-state index < -0.39 is 0 Å². The van der Waals surface area contributed by atoms with Crippen LogP contribution in [0.15, 0.2) is 17.1 Å². The molecule has 0 aromatic carbocycles. The first kappa shape index (κ1) is 12.5. The second-order valence-corrected chi connectivity index (χ2v) is 3.69. The van der Waals surface area contributed by atoms with Crippen LogP contribution in [0.5, 0.6) is 0 Å². The van der Waals surface area contributed by atoms with E-state index >= 15 is 0 Å². The van der Waals surface area contributed by atoms with Gasteiger partial charge in [-0.2, -0.15) is 0 Å². The molecule has 4 nitrogen and oxygen atoms in total. The van der Waals surface area contributed by atoms with Crippen LogP contribution in [-0.2, 0) is 13.5 Å². The Morgan fingerprint density at radius 1 is 1.38 bits per heavy atom. The van der Waals surface area contributed by atoms with Crippen molar-refractivity contribution in [1.29, 1.82) is 0 Å². The molecule has 16 heavy (non-hydrogen) atoms. The van der Waals surface area contributed by atoms with Crippen LogP contribution in [0, 0.1) is 0 Å². The van der Waals surface area contributed by atoms with Crippen LogP contribution in [0.1, 0.15) is 33.0 Å². The van der Waals surface area contributed by atoms with Crippen LogP contribution >= 0.6 is 0 Å². The van der Waals surface area contributed by atoms with Crippen molar-refractivity contribution in [1.82, 2.24) is 14.5 Å². The van der Waals surface area contributed by atoms with E-state index in [0.29, 0.717) is 5.52 Å². The maximum absolute atomic E-state index is 11.7. The first-order valence-electron chi connectivity index (χ1n) is 5.68. The minimum absolute atomic E-state index is 0.00755. The molecule has 88 valence electrons. The number of aryl methyl sites for hydroxylation is 1. The molecule has 0 spiro atoms. The molecule has 2 aromatic rings. The Bertz CT molecular complexity index is 510. The zero-order valence-electron chi connectivity index (χ0n) is 10.4. The lowest BCUT2D eigenvalue weighted by Crippen LogP contribution is -2.21. The zero-order chi connectivity index (χ0) is 12.1. The summed E-state index contributed by atoms with van der Waals surface area (Å²) in [5.41, 5.74) is 1.33. The fraction of sp³-hybridized carbons (Fsp3) is 0.500. The number of H-pyrrole nitrogens is 1. The highest BCUT2D eigenvalue weighted by molar-refractivity contribution is 5.73. The van der Waals surface area contributed by atoms with Crippen LogP contribution in [-0.4, -0.2) is 14.5 Å². The van der Waals surface area contributed by atoms with Crippen LogP contribution in [0.25, 0.3) is 11.0 Å².